The van der Waals surface area contributed by atoms with E-state index >= 15 is 0 Å². The summed E-state index contributed by atoms with van der Waals surface area (Å²) >= 11 is 12.0. The smallest absolute Gasteiger partial charge is 0.253 e. The number of hydrogen-bond acceptors (Lipinski definition) is 3. The molecule has 8 heteroatoms. The molecule has 0 bridgehead atoms. The van der Waals surface area contributed by atoms with Crippen LogP contribution in [0.2, 0.25) is 10.0 Å². The molecule has 0 saturated carbocycles. The Morgan fingerprint density at radius 1 is 1.07 bits per heavy atom. The summed E-state index contributed by atoms with van der Waals surface area (Å²) in [6.45, 7) is 0.115. The van der Waals surface area contributed by atoms with E-state index in [0.717, 1.165) is 0 Å². The zero-order valence-corrected chi connectivity index (χ0v) is 15.7. The molecule has 2 rings (SSSR count). The maximum atomic E-state index is 12.2. The number of halogens is 2. The van der Waals surface area contributed by atoms with Gasteiger partial charge in [0.15, 0.2) is 0 Å². The van der Waals surface area contributed by atoms with E-state index in [4.69, 9.17) is 28.9 Å². The van der Waals surface area contributed by atoms with E-state index in [0.29, 0.717) is 21.3 Å². The Kier molecular flexibility index (Phi) is 7.40. The number of amides is 3. The van der Waals surface area contributed by atoms with Crippen molar-refractivity contribution >= 4 is 52.7 Å². The molecular weight excluding hydrogens is 389 g/mol. The summed E-state index contributed by atoms with van der Waals surface area (Å²) in [5.41, 5.74) is 6.24. The number of anilines is 1. The number of carbonyl (C=O) groups is 3. The summed E-state index contributed by atoms with van der Waals surface area (Å²) in [5, 5.41) is 6.17. The molecule has 3 amide bonds. The van der Waals surface area contributed by atoms with Crippen LogP contribution in [0.5, 0.6) is 0 Å². The quantitative estimate of drug-likeness (QED) is 0.616. The summed E-state index contributed by atoms with van der Waals surface area (Å²) in [4.78, 5) is 35.2. The van der Waals surface area contributed by atoms with Crippen molar-refractivity contribution in [1.82, 2.24) is 5.32 Å². The molecule has 0 atom stereocenters. The minimum Gasteiger partial charge on any atom is -0.370 e. The predicted octanol–water partition coefficient (Wildman–Crippen LogP) is 3.25. The van der Waals surface area contributed by atoms with E-state index in [2.05, 4.69) is 10.6 Å². The van der Waals surface area contributed by atoms with Gasteiger partial charge in [-0.05, 0) is 42.0 Å². The summed E-state index contributed by atoms with van der Waals surface area (Å²) in [6, 6.07) is 11.4. The van der Waals surface area contributed by atoms with E-state index in [9.17, 15) is 14.4 Å². The number of rotatable bonds is 7. The average molecular weight is 406 g/mol. The lowest BCUT2D eigenvalue weighted by Crippen LogP contribution is -2.28. The molecule has 0 aliphatic carbocycles. The third kappa shape index (κ3) is 6.44. The maximum absolute atomic E-state index is 12.2. The minimum atomic E-state index is -0.512. The van der Waals surface area contributed by atoms with E-state index < -0.39 is 17.7 Å². The van der Waals surface area contributed by atoms with Crippen molar-refractivity contribution in [3.05, 3.63) is 69.7 Å². The van der Waals surface area contributed by atoms with Crippen LogP contribution in [-0.2, 0) is 9.59 Å². The number of carbonyl (C=O) groups excluding carboxylic acids is 3. The third-order valence-corrected chi connectivity index (χ3v) is 4.04. The first-order chi connectivity index (χ1) is 12.9. The van der Waals surface area contributed by atoms with Crippen LogP contribution >= 0.6 is 23.2 Å². The Morgan fingerprint density at radius 3 is 2.56 bits per heavy atom. The molecule has 0 heterocycles. The Balaban J connectivity index is 2.07. The molecule has 0 aliphatic heterocycles. The molecule has 4 N–H and O–H groups in total. The van der Waals surface area contributed by atoms with Gasteiger partial charge in [-0.2, -0.15) is 0 Å². The second-order valence-corrected chi connectivity index (χ2v) is 6.35. The van der Waals surface area contributed by atoms with Crippen molar-refractivity contribution in [2.75, 3.05) is 11.9 Å². The monoisotopic (exact) mass is 405 g/mol. The summed E-state index contributed by atoms with van der Waals surface area (Å²) in [7, 11) is 0. The highest BCUT2D eigenvalue weighted by atomic mass is 35.5. The average Bonchev–Trinajstić information content (AvgIpc) is 2.62. The number of primary amides is 1. The molecule has 140 valence electrons. The van der Waals surface area contributed by atoms with Crippen molar-refractivity contribution in [3.63, 3.8) is 0 Å². The van der Waals surface area contributed by atoms with Gasteiger partial charge in [0, 0.05) is 29.1 Å². The van der Waals surface area contributed by atoms with Gasteiger partial charge in [0.05, 0.1) is 11.3 Å². The lowest BCUT2D eigenvalue weighted by Gasteiger charge is -2.10. The van der Waals surface area contributed by atoms with Crippen molar-refractivity contribution in [2.45, 2.75) is 6.42 Å². The number of nitrogens with one attached hydrogen (secondary N) is 2. The zero-order valence-electron chi connectivity index (χ0n) is 14.2. The molecule has 6 nitrogen and oxygen atoms in total. The molecule has 0 aromatic heterocycles. The van der Waals surface area contributed by atoms with Crippen LogP contribution in [0, 0.1) is 0 Å². The fraction of sp³-hybridized carbons (Fsp3) is 0.105. The highest BCUT2D eigenvalue weighted by molar-refractivity contribution is 6.34. The van der Waals surface area contributed by atoms with Crippen LogP contribution in [0.25, 0.3) is 6.08 Å². The molecule has 0 radical (unpaired) electrons. The SMILES string of the molecule is NC(=O)CCNC(=O)c1ccccc1NC(=O)/C=C/c1cc(Cl)ccc1Cl. The molecule has 27 heavy (non-hydrogen) atoms. The zero-order chi connectivity index (χ0) is 19.8. The first-order valence-corrected chi connectivity index (χ1v) is 8.72. The Morgan fingerprint density at radius 2 is 1.81 bits per heavy atom. The molecule has 0 spiro atoms. The van der Waals surface area contributed by atoms with Gasteiger partial charge in [0.25, 0.3) is 5.91 Å². The Bertz CT molecular complexity index is 898. The standard InChI is InChI=1S/C19H17Cl2N3O3/c20-13-6-7-15(21)12(11-13)5-8-18(26)24-16-4-2-1-3-14(16)19(27)23-10-9-17(22)25/h1-8,11H,9-10H2,(H2,22,25)(H,23,27)(H,24,26)/b8-5+. The van der Waals surface area contributed by atoms with E-state index in [1.165, 1.54) is 12.2 Å². The van der Waals surface area contributed by atoms with Gasteiger partial charge < -0.3 is 16.4 Å². The van der Waals surface area contributed by atoms with Gasteiger partial charge in [0.2, 0.25) is 11.8 Å². The number of hydrogen-bond donors (Lipinski definition) is 3. The highest BCUT2D eigenvalue weighted by Crippen LogP contribution is 2.22. The topological polar surface area (TPSA) is 101 Å². The summed E-state index contributed by atoms with van der Waals surface area (Å²) < 4.78 is 0. The van der Waals surface area contributed by atoms with Gasteiger partial charge in [-0.25, -0.2) is 0 Å². The molecule has 0 aliphatic rings. The Hall–Kier alpha value is -2.83. The van der Waals surface area contributed by atoms with E-state index in [1.54, 1.807) is 42.5 Å². The number of para-hydroxylation sites is 1. The Labute approximate surface area is 166 Å². The van der Waals surface area contributed by atoms with Gasteiger partial charge in [-0.3, -0.25) is 14.4 Å². The van der Waals surface area contributed by atoms with E-state index in [1.807, 2.05) is 0 Å². The summed E-state index contributed by atoms with van der Waals surface area (Å²) in [5.74, 6) is -1.38. The predicted molar refractivity (Wildman–Crippen MR) is 107 cm³/mol. The second kappa shape index (κ2) is 9.75. The van der Waals surface area contributed by atoms with Crippen molar-refractivity contribution in [2.24, 2.45) is 5.73 Å². The first-order valence-electron chi connectivity index (χ1n) is 7.96. The van der Waals surface area contributed by atoms with Crippen LogP contribution < -0.4 is 16.4 Å². The van der Waals surface area contributed by atoms with Crippen LogP contribution in [-0.4, -0.2) is 24.3 Å². The molecule has 2 aromatic carbocycles. The number of nitrogens with two attached hydrogens (primary N) is 1. The normalized spacial score (nSPS) is 10.6. The molecule has 0 saturated heterocycles. The van der Waals surface area contributed by atoms with Crippen molar-refractivity contribution in [1.29, 1.82) is 0 Å². The van der Waals surface area contributed by atoms with Gasteiger partial charge in [0.1, 0.15) is 0 Å². The number of benzene rings is 2. The summed E-state index contributed by atoms with van der Waals surface area (Å²) in [6.07, 6.45) is 2.85. The molecule has 2 aromatic rings. The third-order valence-electron chi connectivity index (χ3n) is 3.46. The fourth-order valence-electron chi connectivity index (χ4n) is 2.17. The van der Waals surface area contributed by atoms with Crippen LogP contribution in [0.4, 0.5) is 5.69 Å². The largest absolute Gasteiger partial charge is 0.370 e. The molecular formula is C19H17Cl2N3O3. The second-order valence-electron chi connectivity index (χ2n) is 5.51. The van der Waals surface area contributed by atoms with Crippen LogP contribution in [0.15, 0.2) is 48.5 Å². The van der Waals surface area contributed by atoms with Gasteiger partial charge >= 0.3 is 0 Å². The minimum absolute atomic E-state index is 0.0311. The van der Waals surface area contributed by atoms with Crippen LogP contribution in [0.1, 0.15) is 22.3 Å². The van der Waals surface area contributed by atoms with Crippen LogP contribution in [0.3, 0.4) is 0 Å². The molecule has 0 fully saturated rings. The maximum Gasteiger partial charge on any atom is 0.253 e. The van der Waals surface area contributed by atoms with Crippen molar-refractivity contribution in [3.8, 4) is 0 Å². The van der Waals surface area contributed by atoms with E-state index in [-0.39, 0.29) is 18.5 Å². The first kappa shape index (κ1) is 20.5. The highest BCUT2D eigenvalue weighted by Gasteiger charge is 2.12. The lowest BCUT2D eigenvalue weighted by atomic mass is 10.1. The lowest BCUT2D eigenvalue weighted by molar-refractivity contribution is -0.118. The van der Waals surface area contributed by atoms with Gasteiger partial charge in [-0.1, -0.05) is 35.3 Å². The fourth-order valence-corrected chi connectivity index (χ4v) is 2.53. The van der Waals surface area contributed by atoms with Gasteiger partial charge in [-0.15, -0.1) is 0 Å². The molecule has 0 unspecified atom stereocenters. The van der Waals surface area contributed by atoms with Crippen molar-refractivity contribution < 1.29 is 14.4 Å².